The van der Waals surface area contributed by atoms with E-state index in [1.165, 1.54) is 25.7 Å². The lowest BCUT2D eigenvalue weighted by molar-refractivity contribution is -0.123. The highest BCUT2D eigenvalue weighted by Gasteiger charge is 2.26. The molecule has 0 radical (unpaired) electrons. The number of amides is 1. The molecule has 0 aromatic rings. The fraction of sp³-hybridized carbons (Fsp3) is 0.634. The van der Waals surface area contributed by atoms with E-state index in [1.807, 2.05) is 6.08 Å². The summed E-state index contributed by atoms with van der Waals surface area (Å²) in [6.45, 7) is 3.91. The Balaban J connectivity index is 4.45. The summed E-state index contributed by atoms with van der Waals surface area (Å²) >= 11 is 0. The van der Waals surface area contributed by atoms with Crippen LogP contribution in [-0.2, 0) is 18.4 Å². The van der Waals surface area contributed by atoms with Gasteiger partial charge in [-0.25, -0.2) is 4.57 Å². The Labute approximate surface area is 305 Å². The van der Waals surface area contributed by atoms with Gasteiger partial charge >= 0.3 is 7.82 Å². The van der Waals surface area contributed by atoms with Crippen LogP contribution in [0.1, 0.15) is 136 Å². The molecule has 0 aliphatic carbocycles. The van der Waals surface area contributed by atoms with Crippen LogP contribution in [0, 0.1) is 0 Å². The van der Waals surface area contributed by atoms with Crippen molar-refractivity contribution in [1.82, 2.24) is 5.32 Å². The molecule has 0 spiro atoms. The molecule has 50 heavy (non-hydrogen) atoms. The molecule has 3 unspecified atom stereocenters. The molecule has 1 amide bonds. The molecular weight excluding hydrogens is 647 g/mol. The van der Waals surface area contributed by atoms with E-state index in [1.54, 1.807) is 6.08 Å². The molecule has 0 fully saturated rings. The predicted molar refractivity (Wildman–Crippen MR) is 212 cm³/mol. The number of nitrogens with two attached hydrogens (primary N) is 1. The van der Waals surface area contributed by atoms with Crippen molar-refractivity contribution in [3.05, 3.63) is 85.1 Å². The number of phosphoric ester groups is 1. The van der Waals surface area contributed by atoms with Gasteiger partial charge in [-0.2, -0.15) is 0 Å². The van der Waals surface area contributed by atoms with Crippen LogP contribution in [-0.4, -0.2) is 47.8 Å². The van der Waals surface area contributed by atoms with Crippen LogP contribution >= 0.6 is 7.82 Å². The number of aliphatic hydroxyl groups excluding tert-OH is 1. The summed E-state index contributed by atoms with van der Waals surface area (Å²) in [7, 11) is -4.36. The van der Waals surface area contributed by atoms with Crippen LogP contribution in [0.5, 0.6) is 0 Å². The van der Waals surface area contributed by atoms with Crippen LogP contribution in [0.4, 0.5) is 0 Å². The first-order chi connectivity index (χ1) is 24.4. The first-order valence-corrected chi connectivity index (χ1v) is 20.7. The smallest absolute Gasteiger partial charge is 0.387 e. The molecule has 5 N–H and O–H groups in total. The van der Waals surface area contributed by atoms with E-state index in [4.69, 9.17) is 14.8 Å². The molecule has 0 rings (SSSR count). The van der Waals surface area contributed by atoms with Gasteiger partial charge in [0, 0.05) is 13.0 Å². The van der Waals surface area contributed by atoms with Crippen LogP contribution < -0.4 is 11.1 Å². The Morgan fingerprint density at radius 1 is 0.680 bits per heavy atom. The third-order valence-corrected chi connectivity index (χ3v) is 8.67. The van der Waals surface area contributed by atoms with Crippen molar-refractivity contribution in [2.24, 2.45) is 5.73 Å². The third-order valence-electron chi connectivity index (χ3n) is 7.68. The number of unbranched alkanes of at least 4 members (excludes halogenated alkanes) is 10. The summed E-state index contributed by atoms with van der Waals surface area (Å²) in [4.78, 5) is 22.6. The second kappa shape index (κ2) is 36.5. The maximum atomic E-state index is 12.7. The monoisotopic (exact) mass is 719 g/mol. The standard InChI is InChI=1S/C41H71N2O6P/c1-3-5-7-9-11-13-15-17-19-20-21-23-25-27-29-31-33-35-41(45)43-39(38-49-50(46,47)48-37-36-42)40(44)34-32-30-28-26-24-22-18-16-14-12-10-8-6-4-2/h5,7,11,13-14,16-17,19,21,23-24,26,32,34,39-40,44H,3-4,6,8-10,12,15,18,20,22,25,27-31,33,35-38,42H2,1-2H3,(H,43,45)(H,46,47)/b7-5-,13-11-,16-14+,19-17-,23-21-,26-24+,34-32+. The Morgan fingerprint density at radius 3 is 1.76 bits per heavy atom. The SMILES string of the molecule is CC/C=C\C/C=C\C/C=C\C/C=C\CCCCCCC(=O)NC(COP(=O)(O)OCCN)C(O)/C=C/CC/C=C/CC/C=C/CCCCCC. The van der Waals surface area contributed by atoms with Crippen molar-refractivity contribution in [2.45, 2.75) is 148 Å². The number of carbonyl (C=O) groups is 1. The maximum absolute atomic E-state index is 12.7. The number of allylic oxidation sites excluding steroid dienone is 13. The average molecular weight is 719 g/mol. The topological polar surface area (TPSA) is 131 Å². The lowest BCUT2D eigenvalue weighted by atomic mass is 10.1. The van der Waals surface area contributed by atoms with Gasteiger partial charge in [0.15, 0.2) is 0 Å². The number of aliphatic hydroxyl groups is 1. The molecule has 0 saturated heterocycles. The van der Waals surface area contributed by atoms with E-state index in [0.717, 1.165) is 89.9 Å². The minimum absolute atomic E-state index is 0.0627. The molecule has 286 valence electrons. The van der Waals surface area contributed by atoms with Crippen LogP contribution in [0.25, 0.3) is 0 Å². The summed E-state index contributed by atoms with van der Waals surface area (Å²) in [6.07, 6.45) is 47.7. The number of phosphoric acid groups is 1. The normalized spacial score (nSPS) is 15.2. The molecule has 0 aliphatic rings. The van der Waals surface area contributed by atoms with Crippen LogP contribution in [0.15, 0.2) is 85.1 Å². The Bertz CT molecular complexity index is 1050. The number of nitrogens with one attached hydrogen (secondary N) is 1. The Morgan fingerprint density at radius 2 is 1.18 bits per heavy atom. The van der Waals surface area contributed by atoms with E-state index in [-0.39, 0.29) is 25.7 Å². The van der Waals surface area contributed by atoms with Crippen molar-refractivity contribution in [2.75, 3.05) is 19.8 Å². The molecule has 0 heterocycles. The molecule has 0 aromatic carbocycles. The highest BCUT2D eigenvalue weighted by atomic mass is 31.2. The maximum Gasteiger partial charge on any atom is 0.472 e. The van der Waals surface area contributed by atoms with Crippen LogP contribution in [0.2, 0.25) is 0 Å². The summed E-state index contributed by atoms with van der Waals surface area (Å²) in [5.41, 5.74) is 5.35. The van der Waals surface area contributed by atoms with Crippen molar-refractivity contribution < 1.29 is 28.4 Å². The fourth-order valence-electron chi connectivity index (χ4n) is 4.80. The minimum atomic E-state index is -4.36. The van der Waals surface area contributed by atoms with Gasteiger partial charge in [0.05, 0.1) is 25.4 Å². The lowest BCUT2D eigenvalue weighted by Crippen LogP contribution is -2.45. The molecule has 0 bridgehead atoms. The van der Waals surface area contributed by atoms with Gasteiger partial charge in [0.25, 0.3) is 0 Å². The number of carbonyl (C=O) groups excluding carboxylic acids is 1. The Hall–Kier alpha value is -2.32. The second-order valence-corrected chi connectivity index (χ2v) is 13.8. The highest BCUT2D eigenvalue weighted by molar-refractivity contribution is 7.47. The highest BCUT2D eigenvalue weighted by Crippen LogP contribution is 2.43. The Kier molecular flexibility index (Phi) is 34.8. The first kappa shape index (κ1) is 47.7. The minimum Gasteiger partial charge on any atom is -0.387 e. The van der Waals surface area contributed by atoms with E-state index >= 15 is 0 Å². The first-order valence-electron chi connectivity index (χ1n) is 19.2. The summed E-state index contributed by atoms with van der Waals surface area (Å²) in [5, 5.41) is 13.6. The average Bonchev–Trinajstić information content (AvgIpc) is 3.10. The van der Waals surface area contributed by atoms with Gasteiger partial charge < -0.3 is 21.1 Å². The number of hydrogen-bond donors (Lipinski definition) is 4. The van der Waals surface area contributed by atoms with E-state index in [9.17, 15) is 19.4 Å². The quantitative estimate of drug-likeness (QED) is 0.0296. The van der Waals surface area contributed by atoms with Crippen molar-refractivity contribution >= 4 is 13.7 Å². The molecule has 8 nitrogen and oxygen atoms in total. The van der Waals surface area contributed by atoms with Crippen LogP contribution in [0.3, 0.4) is 0 Å². The number of rotatable bonds is 34. The van der Waals surface area contributed by atoms with Gasteiger partial charge in [-0.3, -0.25) is 13.8 Å². The van der Waals surface area contributed by atoms with E-state index in [0.29, 0.717) is 6.42 Å². The van der Waals surface area contributed by atoms with E-state index in [2.05, 4.69) is 92.1 Å². The molecule has 0 aromatic heterocycles. The zero-order valence-electron chi connectivity index (χ0n) is 31.3. The second-order valence-electron chi connectivity index (χ2n) is 12.4. The van der Waals surface area contributed by atoms with Crippen molar-refractivity contribution in [3.8, 4) is 0 Å². The van der Waals surface area contributed by atoms with Crippen molar-refractivity contribution in [1.29, 1.82) is 0 Å². The predicted octanol–water partition coefficient (Wildman–Crippen LogP) is 10.3. The zero-order chi connectivity index (χ0) is 36.8. The van der Waals surface area contributed by atoms with Gasteiger partial charge in [0.2, 0.25) is 5.91 Å². The van der Waals surface area contributed by atoms with E-state index < -0.39 is 20.0 Å². The van der Waals surface area contributed by atoms with Gasteiger partial charge in [-0.15, -0.1) is 0 Å². The zero-order valence-corrected chi connectivity index (χ0v) is 32.2. The molecule has 9 heteroatoms. The fourth-order valence-corrected chi connectivity index (χ4v) is 5.56. The summed E-state index contributed by atoms with van der Waals surface area (Å²) in [6, 6.07) is -0.900. The largest absolute Gasteiger partial charge is 0.472 e. The van der Waals surface area contributed by atoms with Crippen molar-refractivity contribution in [3.63, 3.8) is 0 Å². The van der Waals surface area contributed by atoms with Gasteiger partial charge in [0.1, 0.15) is 0 Å². The molecule has 0 aliphatic heterocycles. The summed E-state index contributed by atoms with van der Waals surface area (Å²) < 4.78 is 22.0. The number of hydrogen-bond acceptors (Lipinski definition) is 6. The molecular formula is C41H71N2O6P. The molecule has 0 saturated carbocycles. The molecule has 3 atom stereocenters. The van der Waals surface area contributed by atoms with Gasteiger partial charge in [-0.05, 0) is 83.5 Å². The van der Waals surface area contributed by atoms with Gasteiger partial charge in [-0.1, -0.05) is 131 Å². The third kappa shape index (κ3) is 34.1. The lowest BCUT2D eigenvalue weighted by Gasteiger charge is -2.23. The summed E-state index contributed by atoms with van der Waals surface area (Å²) in [5.74, 6) is -0.237.